The van der Waals surface area contributed by atoms with E-state index in [1.807, 2.05) is 125 Å². The molecule has 0 saturated heterocycles. The zero-order valence-corrected chi connectivity index (χ0v) is 34.4. The summed E-state index contributed by atoms with van der Waals surface area (Å²) >= 11 is 12.9. The van der Waals surface area contributed by atoms with Crippen molar-refractivity contribution in [3.05, 3.63) is 154 Å². The van der Waals surface area contributed by atoms with Gasteiger partial charge in [-0.15, -0.1) is 0 Å². The van der Waals surface area contributed by atoms with E-state index in [9.17, 15) is 30.0 Å². The van der Waals surface area contributed by atoms with Crippen LogP contribution in [0.15, 0.2) is 126 Å². The number of carbonyl (C=O) groups is 1. The third-order valence-electron chi connectivity index (χ3n) is 6.70. The van der Waals surface area contributed by atoms with Crippen LogP contribution in [-0.2, 0) is 15.6 Å². The Balaban J connectivity index is 0.000000293. The molecule has 5 rings (SSSR count). The summed E-state index contributed by atoms with van der Waals surface area (Å²) in [5.41, 5.74) is 8.59. The van der Waals surface area contributed by atoms with E-state index in [-0.39, 0.29) is 5.78 Å². The Morgan fingerprint density at radius 2 is 1.38 bits per heavy atom. The van der Waals surface area contributed by atoms with Gasteiger partial charge in [-0.1, -0.05) is 71.7 Å². The van der Waals surface area contributed by atoms with Crippen LogP contribution in [0.2, 0.25) is 5.02 Å². The van der Waals surface area contributed by atoms with Gasteiger partial charge in [0, 0.05) is 78.3 Å². The maximum absolute atomic E-state index is 12.0. The fourth-order valence-corrected chi connectivity index (χ4v) is 4.93. The van der Waals surface area contributed by atoms with Crippen LogP contribution in [0.3, 0.4) is 0 Å². The van der Waals surface area contributed by atoms with Crippen LogP contribution in [0.4, 0.5) is 25.2 Å². The molecule has 0 amide bonds. The number of hydrogen-bond acceptors (Lipinski definition) is 8. The quantitative estimate of drug-likeness (QED) is 0.0261. The van der Waals surface area contributed by atoms with E-state index >= 15 is 0 Å². The van der Waals surface area contributed by atoms with E-state index in [4.69, 9.17) is 27.5 Å². The van der Waals surface area contributed by atoms with E-state index in [0.29, 0.717) is 22.0 Å². The second kappa shape index (κ2) is 20.7. The number of aryl methyl sites for hydroxylation is 3. The van der Waals surface area contributed by atoms with Crippen molar-refractivity contribution in [2.75, 3.05) is 21.2 Å². The van der Waals surface area contributed by atoms with Gasteiger partial charge in [-0.25, -0.2) is 4.89 Å². The minimum absolute atomic E-state index is 0.112. The van der Waals surface area contributed by atoms with Crippen molar-refractivity contribution in [2.24, 2.45) is 0 Å². The first-order valence-electron chi connectivity index (χ1n) is 16.2. The van der Waals surface area contributed by atoms with Crippen LogP contribution >= 0.6 is 43.1 Å². The molecule has 17 heteroatoms. The Morgan fingerprint density at radius 3 is 1.84 bits per heavy atom. The predicted octanol–water partition coefficient (Wildman–Crippen LogP) is 13.7. The van der Waals surface area contributed by atoms with Gasteiger partial charge in [0.1, 0.15) is 0 Å². The van der Waals surface area contributed by atoms with Crippen LogP contribution < -0.4 is 0 Å². The second-order valence-electron chi connectivity index (χ2n) is 12.0. The van der Waals surface area contributed by atoms with Gasteiger partial charge in [0.05, 0.1) is 34.9 Å². The monoisotopic (exact) mass is 859 g/mol. The molecule has 0 bridgehead atoms. The molecule has 2 aromatic carbocycles. The summed E-state index contributed by atoms with van der Waals surface area (Å²) in [6, 6.07) is 25.5. The van der Waals surface area contributed by atoms with E-state index < -0.39 is 7.81 Å². The van der Waals surface area contributed by atoms with Crippen LogP contribution in [-0.4, -0.2) is 46.8 Å². The molecule has 0 aliphatic heterocycles. The van der Waals surface area contributed by atoms with Crippen molar-refractivity contribution in [3.8, 4) is 22.4 Å². The molecule has 0 spiro atoms. The molecule has 3 heterocycles. The number of aromatic nitrogens is 3. The fraction of sp³-hybridized carbons (Fsp3) is 0.179. The number of nitrogens with zero attached hydrogens (tertiary/aromatic N) is 4. The van der Waals surface area contributed by atoms with Crippen molar-refractivity contribution in [1.29, 1.82) is 0 Å². The van der Waals surface area contributed by atoms with Crippen molar-refractivity contribution >= 4 is 48.8 Å². The summed E-state index contributed by atoms with van der Waals surface area (Å²) in [5, 5.41) is 1.25. The molecule has 56 heavy (non-hydrogen) atoms. The second-order valence-corrected chi connectivity index (χ2v) is 15.6. The van der Waals surface area contributed by atoms with Crippen molar-refractivity contribution < 1.29 is 39.2 Å². The van der Waals surface area contributed by atoms with Crippen LogP contribution in [0, 0.1) is 20.8 Å². The Bertz CT molecular complexity index is 2050. The summed E-state index contributed by atoms with van der Waals surface area (Å²) in [6.07, 6.45) is 8.94. The molecule has 0 saturated carbocycles. The van der Waals surface area contributed by atoms with E-state index in [2.05, 4.69) is 26.4 Å². The Morgan fingerprint density at radius 1 is 0.821 bits per heavy atom. The number of allylic oxidation sites excluding steroid dienone is 2. The maximum atomic E-state index is 12.0. The number of halogens is 8. The molecule has 302 valence electrons. The number of carbonyl (C=O) groups excluding carboxylic acids is 1. The third kappa shape index (κ3) is 21.1. The first-order valence-corrected chi connectivity index (χ1v) is 19.8. The molecule has 0 N–H and O–H groups in total. The van der Waals surface area contributed by atoms with Gasteiger partial charge >= 0.3 is 33.0 Å². The molecule has 0 unspecified atom stereocenters. The first-order chi connectivity index (χ1) is 25.9. The van der Waals surface area contributed by atoms with Crippen molar-refractivity contribution in [2.45, 2.75) is 32.1 Å². The molecular weight excluding hydrogens is 820 g/mol. The topological polar surface area (TPSA) is 77.4 Å². The number of Topliss-reactive ketones (excluding diaryl/α,β-unsaturated/α-hetero) is 1. The van der Waals surface area contributed by atoms with Gasteiger partial charge in [0.2, 0.25) is 0 Å². The van der Waals surface area contributed by atoms with E-state index in [1.165, 1.54) is 12.7 Å². The summed E-state index contributed by atoms with van der Waals surface area (Å²) in [4.78, 5) is 32.4. The SMILES string of the molecule is C=CC(Cl)=CN(C)C.COOSc1ccc(-c2cc(Cl)cnc2-c2ccc(C)nc2)cc1.Cc1ccc(CC(=O)c2ccc(C)nc2)cc1.F[P-](F)(F)(F)(F)F. The van der Waals surface area contributed by atoms with Crippen molar-refractivity contribution in [1.82, 2.24) is 19.9 Å². The first kappa shape index (κ1) is 47.9. The molecular formula is C39H40Cl2F6N4O3PS-. The van der Waals surface area contributed by atoms with Gasteiger partial charge in [0.15, 0.2) is 5.78 Å². The van der Waals surface area contributed by atoms with E-state index in [1.54, 1.807) is 24.7 Å². The minimum atomic E-state index is -10.7. The average molecular weight is 861 g/mol. The van der Waals surface area contributed by atoms with Gasteiger partial charge in [-0.2, -0.15) is 4.33 Å². The van der Waals surface area contributed by atoms with Gasteiger partial charge < -0.3 is 4.90 Å². The zero-order valence-electron chi connectivity index (χ0n) is 31.2. The predicted molar refractivity (Wildman–Crippen MR) is 216 cm³/mol. The Kier molecular flexibility index (Phi) is 17.7. The molecule has 0 radical (unpaired) electrons. The van der Waals surface area contributed by atoms with Gasteiger partial charge in [-0.3, -0.25) is 19.7 Å². The molecule has 0 aliphatic carbocycles. The fourth-order valence-electron chi connectivity index (χ4n) is 4.19. The zero-order chi connectivity index (χ0) is 42.2. The third-order valence-corrected chi connectivity index (χ3v) is 7.83. The average Bonchev–Trinajstić information content (AvgIpc) is 3.11. The van der Waals surface area contributed by atoms with Crippen LogP contribution in [0.25, 0.3) is 22.4 Å². The Labute approximate surface area is 336 Å². The molecule has 7 nitrogen and oxygen atoms in total. The number of ketones is 1. The van der Waals surface area contributed by atoms with Crippen LogP contribution in [0.5, 0.6) is 0 Å². The van der Waals surface area contributed by atoms with Crippen molar-refractivity contribution in [3.63, 3.8) is 0 Å². The number of rotatable bonds is 10. The summed E-state index contributed by atoms with van der Waals surface area (Å²) in [7, 11) is -5.37. The normalized spacial score (nSPS) is 12.2. The number of hydrogen-bond donors (Lipinski definition) is 0. The molecule has 0 atom stereocenters. The molecule has 3 aromatic heterocycles. The Hall–Kier alpha value is -4.30. The van der Waals surface area contributed by atoms with E-state index in [0.717, 1.165) is 56.3 Å². The molecule has 0 fully saturated rings. The standard InChI is InChI=1S/C18H15ClN2O2S.C15H15NO.C6H10ClN.F6P/c1-12-3-4-14(10-20-12)18-17(9-15(19)11-21-18)13-5-7-16(8-6-13)24-23-22-2;1-11-3-6-13(7-4-11)9-15(17)14-8-5-12(2)16-10-14;1-4-6(7)5-8(2)3;1-7(2,3,4,5)6/h3-11H,1-2H3;3-8,10H,9H2,1-2H3;4-5H,1H2,2-3H3;/q;;;-1. The summed E-state index contributed by atoms with van der Waals surface area (Å²) < 4.78 is 64.1. The number of pyridine rings is 3. The molecule has 0 aliphatic rings. The summed E-state index contributed by atoms with van der Waals surface area (Å²) in [6.45, 7) is 9.39. The number of benzene rings is 2. The van der Waals surface area contributed by atoms with Crippen LogP contribution in [0.1, 0.15) is 32.9 Å². The van der Waals surface area contributed by atoms with Gasteiger partial charge in [0.25, 0.3) is 0 Å². The summed E-state index contributed by atoms with van der Waals surface area (Å²) in [5.74, 6) is 0.112. The molecule has 5 aromatic rings. The van der Waals surface area contributed by atoms with Gasteiger partial charge in [-0.05, 0) is 80.4 Å².